The van der Waals surface area contributed by atoms with E-state index >= 15 is 0 Å². The van der Waals surface area contributed by atoms with Crippen LogP contribution in [0, 0.1) is 0 Å². The van der Waals surface area contributed by atoms with Gasteiger partial charge in [0.2, 0.25) is 0 Å². The van der Waals surface area contributed by atoms with E-state index in [-0.39, 0.29) is 11.5 Å². The number of amides is 3. The molecule has 8 heteroatoms. The number of carbonyl (C=O) groups is 3. The lowest BCUT2D eigenvalue weighted by Gasteiger charge is -2.15. The van der Waals surface area contributed by atoms with E-state index in [1.54, 1.807) is 30.3 Å². The number of primary amides is 1. The van der Waals surface area contributed by atoms with E-state index < -0.39 is 12.0 Å². The molecule has 3 amide bonds. The topological polar surface area (TPSA) is 134 Å². The molecule has 4 rings (SSSR count). The molecule has 0 aromatic heterocycles. The number of nitrogens with two attached hydrogens (primary N) is 1. The SMILES string of the molecule is NC(=O)Nc1ccc2c(c1)NC(=O)C2=C(Nc1ccc(C(=O)O)cc1)c1ccccc1. The molecule has 0 spiro atoms. The Bertz CT molecular complexity index is 1220. The Kier molecular flexibility index (Phi) is 5.11. The molecule has 0 fully saturated rings. The molecule has 0 bridgehead atoms. The molecule has 0 saturated heterocycles. The van der Waals surface area contributed by atoms with Gasteiger partial charge in [-0.05, 0) is 48.0 Å². The van der Waals surface area contributed by atoms with Crippen LogP contribution in [0.15, 0.2) is 72.8 Å². The van der Waals surface area contributed by atoms with Crippen LogP contribution >= 0.6 is 0 Å². The zero-order chi connectivity index (χ0) is 22.0. The number of hydrogen-bond acceptors (Lipinski definition) is 4. The Morgan fingerprint density at radius 2 is 1.52 bits per heavy atom. The first-order chi connectivity index (χ1) is 14.9. The van der Waals surface area contributed by atoms with Gasteiger partial charge in [0.25, 0.3) is 5.91 Å². The fraction of sp³-hybridized carbons (Fsp3) is 0. The number of carboxylic acids is 1. The number of rotatable bonds is 5. The average Bonchev–Trinajstić information content (AvgIpc) is 3.07. The maximum atomic E-state index is 12.9. The molecule has 0 aliphatic carbocycles. The standard InChI is InChI=1S/C23H18N4O4/c24-23(31)26-16-10-11-17-18(12-16)27-21(28)19(17)20(13-4-2-1-3-5-13)25-15-8-6-14(7-9-15)22(29)30/h1-12,25H,(H,27,28)(H,29,30)(H3,24,26,31). The number of carboxylic acid groups (broad SMARTS) is 1. The molecule has 1 aliphatic rings. The van der Waals surface area contributed by atoms with Crippen molar-refractivity contribution >= 4 is 46.2 Å². The normalized spacial score (nSPS) is 13.7. The van der Waals surface area contributed by atoms with Crippen LogP contribution in [0.5, 0.6) is 0 Å². The van der Waals surface area contributed by atoms with Crippen LogP contribution in [0.3, 0.4) is 0 Å². The summed E-state index contributed by atoms with van der Waals surface area (Å²) in [5, 5.41) is 17.7. The van der Waals surface area contributed by atoms with Crippen LogP contribution in [0.2, 0.25) is 0 Å². The minimum atomic E-state index is -1.02. The lowest BCUT2D eigenvalue weighted by molar-refractivity contribution is -0.110. The predicted octanol–water partition coefficient (Wildman–Crippen LogP) is 3.81. The number of benzene rings is 3. The van der Waals surface area contributed by atoms with Crippen molar-refractivity contribution in [3.63, 3.8) is 0 Å². The Morgan fingerprint density at radius 1 is 0.839 bits per heavy atom. The summed E-state index contributed by atoms with van der Waals surface area (Å²) < 4.78 is 0. The Labute approximate surface area is 177 Å². The fourth-order valence-electron chi connectivity index (χ4n) is 3.37. The first kappa shape index (κ1) is 19.7. The Morgan fingerprint density at radius 3 is 2.16 bits per heavy atom. The minimum absolute atomic E-state index is 0.165. The van der Waals surface area contributed by atoms with Crippen LogP contribution in [-0.2, 0) is 4.79 Å². The van der Waals surface area contributed by atoms with E-state index in [2.05, 4.69) is 16.0 Å². The van der Waals surface area contributed by atoms with Gasteiger partial charge in [0.05, 0.1) is 22.5 Å². The number of aromatic carboxylic acids is 1. The quantitative estimate of drug-likeness (QED) is 0.405. The maximum absolute atomic E-state index is 12.9. The predicted molar refractivity (Wildman–Crippen MR) is 119 cm³/mol. The lowest BCUT2D eigenvalue weighted by atomic mass is 9.99. The number of nitrogens with one attached hydrogen (secondary N) is 3. The number of urea groups is 1. The Balaban J connectivity index is 1.81. The van der Waals surface area contributed by atoms with E-state index in [4.69, 9.17) is 10.8 Å². The first-order valence-corrected chi connectivity index (χ1v) is 9.34. The van der Waals surface area contributed by atoms with Crippen molar-refractivity contribution in [2.24, 2.45) is 5.73 Å². The molecular weight excluding hydrogens is 396 g/mol. The van der Waals surface area contributed by atoms with E-state index in [1.165, 1.54) is 12.1 Å². The maximum Gasteiger partial charge on any atom is 0.335 e. The summed E-state index contributed by atoms with van der Waals surface area (Å²) in [7, 11) is 0. The van der Waals surface area contributed by atoms with Crippen LogP contribution in [0.25, 0.3) is 11.3 Å². The second kappa shape index (κ2) is 8.03. The van der Waals surface area contributed by atoms with Gasteiger partial charge in [-0.15, -0.1) is 0 Å². The van der Waals surface area contributed by atoms with Crippen LogP contribution in [0.4, 0.5) is 21.9 Å². The van der Waals surface area contributed by atoms with Crippen molar-refractivity contribution in [2.75, 3.05) is 16.0 Å². The Hall–Kier alpha value is -4.59. The molecular formula is C23H18N4O4. The van der Waals surface area contributed by atoms with Gasteiger partial charge in [0.15, 0.2) is 0 Å². The fourth-order valence-corrected chi connectivity index (χ4v) is 3.37. The number of fused-ring (bicyclic) bond motifs is 1. The van der Waals surface area contributed by atoms with Crippen LogP contribution in [-0.4, -0.2) is 23.0 Å². The lowest BCUT2D eigenvalue weighted by Crippen LogP contribution is -2.19. The van der Waals surface area contributed by atoms with E-state index in [0.29, 0.717) is 33.9 Å². The molecule has 3 aromatic carbocycles. The van der Waals surface area contributed by atoms with Crippen molar-refractivity contribution in [1.29, 1.82) is 0 Å². The first-order valence-electron chi connectivity index (χ1n) is 9.34. The van der Waals surface area contributed by atoms with Gasteiger partial charge in [-0.25, -0.2) is 9.59 Å². The molecule has 154 valence electrons. The van der Waals surface area contributed by atoms with Crippen LogP contribution in [0.1, 0.15) is 21.5 Å². The zero-order valence-electron chi connectivity index (χ0n) is 16.2. The highest BCUT2D eigenvalue weighted by Crippen LogP contribution is 2.38. The molecule has 0 atom stereocenters. The summed E-state index contributed by atoms with van der Waals surface area (Å²) in [5.74, 6) is -1.32. The number of carbonyl (C=O) groups excluding carboxylic acids is 2. The van der Waals surface area contributed by atoms with Gasteiger partial charge in [0, 0.05) is 16.9 Å². The summed E-state index contributed by atoms with van der Waals surface area (Å²) >= 11 is 0. The largest absolute Gasteiger partial charge is 0.478 e. The smallest absolute Gasteiger partial charge is 0.335 e. The summed E-state index contributed by atoms with van der Waals surface area (Å²) in [4.78, 5) is 35.2. The van der Waals surface area contributed by atoms with Crippen LogP contribution < -0.4 is 21.7 Å². The van der Waals surface area contributed by atoms with Crippen molar-refractivity contribution in [1.82, 2.24) is 0 Å². The monoisotopic (exact) mass is 414 g/mol. The van der Waals surface area contributed by atoms with E-state index in [0.717, 1.165) is 5.56 Å². The molecule has 8 nitrogen and oxygen atoms in total. The summed E-state index contributed by atoms with van der Waals surface area (Å²) in [6.45, 7) is 0. The molecule has 1 heterocycles. The number of anilines is 3. The molecule has 1 aliphatic heterocycles. The zero-order valence-corrected chi connectivity index (χ0v) is 16.2. The molecule has 0 saturated carbocycles. The number of hydrogen-bond donors (Lipinski definition) is 5. The third-order valence-electron chi connectivity index (χ3n) is 4.75. The summed E-state index contributed by atoms with van der Waals surface area (Å²) in [6.07, 6.45) is 0. The van der Waals surface area contributed by atoms with Crippen molar-refractivity contribution in [3.8, 4) is 0 Å². The van der Waals surface area contributed by atoms with Gasteiger partial charge in [-0.3, -0.25) is 4.79 Å². The summed E-state index contributed by atoms with van der Waals surface area (Å²) in [6, 6.07) is 19.9. The average molecular weight is 414 g/mol. The minimum Gasteiger partial charge on any atom is -0.478 e. The van der Waals surface area contributed by atoms with Gasteiger partial charge < -0.3 is 26.8 Å². The summed E-state index contributed by atoms with van der Waals surface area (Å²) in [5.41, 5.74) is 9.40. The highest BCUT2D eigenvalue weighted by molar-refractivity contribution is 6.37. The van der Waals surface area contributed by atoms with Gasteiger partial charge in [-0.2, -0.15) is 0 Å². The molecule has 0 radical (unpaired) electrons. The third kappa shape index (κ3) is 4.08. The van der Waals surface area contributed by atoms with Crippen molar-refractivity contribution < 1.29 is 19.5 Å². The molecule has 6 N–H and O–H groups in total. The highest BCUT2D eigenvalue weighted by Gasteiger charge is 2.28. The van der Waals surface area contributed by atoms with Crippen molar-refractivity contribution in [2.45, 2.75) is 0 Å². The van der Waals surface area contributed by atoms with Gasteiger partial charge >= 0.3 is 12.0 Å². The molecule has 3 aromatic rings. The third-order valence-corrected chi connectivity index (χ3v) is 4.75. The molecule has 31 heavy (non-hydrogen) atoms. The van der Waals surface area contributed by atoms with Gasteiger partial charge in [-0.1, -0.05) is 30.3 Å². The molecule has 0 unspecified atom stereocenters. The second-order valence-electron chi connectivity index (χ2n) is 6.83. The highest BCUT2D eigenvalue weighted by atomic mass is 16.4. The van der Waals surface area contributed by atoms with E-state index in [1.807, 2.05) is 30.3 Å². The van der Waals surface area contributed by atoms with Crippen molar-refractivity contribution in [3.05, 3.63) is 89.5 Å². The second-order valence-corrected chi connectivity index (χ2v) is 6.83. The van der Waals surface area contributed by atoms with Gasteiger partial charge in [0.1, 0.15) is 0 Å². The van der Waals surface area contributed by atoms with E-state index in [9.17, 15) is 14.4 Å².